The summed E-state index contributed by atoms with van der Waals surface area (Å²) in [7, 11) is 0. The molecule has 1 aliphatic heterocycles. The Labute approximate surface area is 136 Å². The van der Waals surface area contributed by atoms with Crippen LogP contribution in [0.3, 0.4) is 0 Å². The van der Waals surface area contributed by atoms with Gasteiger partial charge in [0.25, 0.3) is 0 Å². The molecular weight excluding hydrogens is 352 g/mol. The third-order valence-electron chi connectivity index (χ3n) is 3.43. The summed E-state index contributed by atoms with van der Waals surface area (Å²) in [4.78, 5) is 12.4. The molecule has 1 fully saturated rings. The minimum absolute atomic E-state index is 0.334. The number of anilines is 1. The van der Waals surface area contributed by atoms with Crippen molar-refractivity contribution in [2.75, 3.05) is 38.2 Å². The van der Waals surface area contributed by atoms with Crippen LogP contribution in [0, 0.1) is 0 Å². The summed E-state index contributed by atoms with van der Waals surface area (Å²) in [5, 5.41) is 5.46. The van der Waals surface area contributed by atoms with E-state index in [9.17, 15) is 0 Å². The van der Waals surface area contributed by atoms with Gasteiger partial charge in [-0.25, -0.2) is 9.97 Å². The maximum Gasteiger partial charge on any atom is 0.222 e. The SMILES string of the molecule is Brc1cnc(NCC(c2cccs2)N2CCOCC2)nc1. The van der Waals surface area contributed by atoms with Crippen molar-refractivity contribution in [3.8, 4) is 0 Å². The normalized spacial score (nSPS) is 17.6. The second-order valence-electron chi connectivity index (χ2n) is 4.79. The number of hydrogen-bond donors (Lipinski definition) is 1. The van der Waals surface area contributed by atoms with Crippen LogP contribution >= 0.6 is 27.3 Å². The van der Waals surface area contributed by atoms with Gasteiger partial charge in [0.1, 0.15) is 0 Å². The fraction of sp³-hybridized carbons (Fsp3) is 0.429. The fourth-order valence-electron chi connectivity index (χ4n) is 2.37. The van der Waals surface area contributed by atoms with Crippen molar-refractivity contribution in [3.05, 3.63) is 39.3 Å². The molecule has 3 heterocycles. The Balaban J connectivity index is 1.68. The first-order chi connectivity index (χ1) is 10.3. The highest BCUT2D eigenvalue weighted by Gasteiger charge is 2.23. The van der Waals surface area contributed by atoms with E-state index in [4.69, 9.17) is 4.74 Å². The van der Waals surface area contributed by atoms with Crippen LogP contribution in [-0.2, 0) is 4.74 Å². The van der Waals surface area contributed by atoms with Crippen LogP contribution in [0.25, 0.3) is 0 Å². The molecule has 3 rings (SSSR count). The third-order valence-corrected chi connectivity index (χ3v) is 4.81. The molecule has 0 spiro atoms. The largest absolute Gasteiger partial charge is 0.379 e. The number of nitrogens with zero attached hydrogens (tertiary/aromatic N) is 3. The van der Waals surface area contributed by atoms with E-state index in [0.717, 1.165) is 37.3 Å². The van der Waals surface area contributed by atoms with E-state index >= 15 is 0 Å². The topological polar surface area (TPSA) is 50.3 Å². The molecule has 1 unspecified atom stereocenters. The van der Waals surface area contributed by atoms with Gasteiger partial charge in [-0.2, -0.15) is 0 Å². The minimum Gasteiger partial charge on any atom is -0.379 e. The standard InChI is InChI=1S/C14H17BrN4OS/c15-11-8-16-14(17-9-11)18-10-12(13-2-1-7-21-13)19-3-5-20-6-4-19/h1-2,7-9,12H,3-6,10H2,(H,16,17,18). The number of morpholine rings is 1. The Morgan fingerprint density at radius 1 is 1.33 bits per heavy atom. The highest BCUT2D eigenvalue weighted by atomic mass is 79.9. The molecule has 0 aliphatic carbocycles. The third kappa shape index (κ3) is 4.00. The van der Waals surface area contributed by atoms with Gasteiger partial charge in [0.2, 0.25) is 5.95 Å². The lowest BCUT2D eigenvalue weighted by Crippen LogP contribution is -2.41. The Morgan fingerprint density at radius 2 is 2.10 bits per heavy atom. The van der Waals surface area contributed by atoms with Crippen LogP contribution in [0.4, 0.5) is 5.95 Å². The maximum atomic E-state index is 5.45. The zero-order valence-electron chi connectivity index (χ0n) is 11.5. The average Bonchev–Trinajstić information content (AvgIpc) is 3.05. The highest BCUT2D eigenvalue weighted by Crippen LogP contribution is 2.26. The molecule has 0 saturated carbocycles. The Hall–Kier alpha value is -1.02. The molecule has 2 aromatic heterocycles. The van der Waals surface area contributed by atoms with Crippen molar-refractivity contribution in [2.45, 2.75) is 6.04 Å². The summed E-state index contributed by atoms with van der Waals surface area (Å²) >= 11 is 5.14. The van der Waals surface area contributed by atoms with E-state index in [-0.39, 0.29) is 0 Å². The molecule has 1 aliphatic rings. The van der Waals surface area contributed by atoms with Gasteiger partial charge in [0.05, 0.1) is 23.7 Å². The number of thiophene rings is 1. The molecule has 0 bridgehead atoms. The number of halogens is 1. The first-order valence-electron chi connectivity index (χ1n) is 6.89. The minimum atomic E-state index is 0.334. The highest BCUT2D eigenvalue weighted by molar-refractivity contribution is 9.10. The van der Waals surface area contributed by atoms with Crippen molar-refractivity contribution in [2.24, 2.45) is 0 Å². The van der Waals surface area contributed by atoms with Gasteiger partial charge in [0.15, 0.2) is 0 Å². The number of aromatic nitrogens is 2. The van der Waals surface area contributed by atoms with Gasteiger partial charge in [-0.05, 0) is 27.4 Å². The predicted octanol–water partition coefficient (Wildman–Crippen LogP) is 2.79. The van der Waals surface area contributed by atoms with E-state index < -0.39 is 0 Å². The first-order valence-corrected chi connectivity index (χ1v) is 8.57. The van der Waals surface area contributed by atoms with Gasteiger partial charge in [0, 0.05) is 36.9 Å². The molecule has 5 nitrogen and oxygen atoms in total. The van der Waals surface area contributed by atoms with Crippen molar-refractivity contribution < 1.29 is 4.74 Å². The molecule has 1 saturated heterocycles. The van der Waals surface area contributed by atoms with E-state index in [1.807, 2.05) is 0 Å². The lowest BCUT2D eigenvalue weighted by molar-refractivity contribution is 0.0193. The van der Waals surface area contributed by atoms with Crippen LogP contribution < -0.4 is 5.32 Å². The molecule has 1 atom stereocenters. The van der Waals surface area contributed by atoms with E-state index in [0.29, 0.717) is 12.0 Å². The van der Waals surface area contributed by atoms with Crippen LogP contribution in [0.2, 0.25) is 0 Å². The van der Waals surface area contributed by atoms with E-state index in [2.05, 4.69) is 53.6 Å². The number of rotatable bonds is 5. The lowest BCUT2D eigenvalue weighted by atomic mass is 10.2. The number of nitrogens with one attached hydrogen (secondary N) is 1. The summed E-state index contributed by atoms with van der Waals surface area (Å²) in [6.45, 7) is 4.33. The quantitative estimate of drug-likeness (QED) is 0.879. The second kappa shape index (κ2) is 7.31. The predicted molar refractivity (Wildman–Crippen MR) is 87.7 cm³/mol. The molecule has 21 heavy (non-hydrogen) atoms. The summed E-state index contributed by atoms with van der Waals surface area (Å²) in [6, 6.07) is 4.62. The first kappa shape index (κ1) is 14.9. The van der Waals surface area contributed by atoms with Crippen LogP contribution in [0.1, 0.15) is 10.9 Å². The number of hydrogen-bond acceptors (Lipinski definition) is 6. The fourth-order valence-corrected chi connectivity index (χ4v) is 3.44. The molecule has 7 heteroatoms. The number of ether oxygens (including phenoxy) is 1. The van der Waals surface area contributed by atoms with Crippen LogP contribution in [-0.4, -0.2) is 47.7 Å². The summed E-state index contributed by atoms with van der Waals surface area (Å²) in [5.41, 5.74) is 0. The van der Waals surface area contributed by atoms with Crippen molar-refractivity contribution in [1.82, 2.24) is 14.9 Å². The maximum absolute atomic E-state index is 5.45. The molecular formula is C14H17BrN4OS. The van der Waals surface area contributed by atoms with Gasteiger partial charge >= 0.3 is 0 Å². The monoisotopic (exact) mass is 368 g/mol. The Morgan fingerprint density at radius 3 is 2.76 bits per heavy atom. The molecule has 0 radical (unpaired) electrons. The summed E-state index contributed by atoms with van der Waals surface area (Å²) in [5.74, 6) is 0.660. The van der Waals surface area contributed by atoms with Gasteiger partial charge in [-0.1, -0.05) is 6.07 Å². The second-order valence-corrected chi connectivity index (χ2v) is 6.68. The lowest BCUT2D eigenvalue weighted by Gasteiger charge is -2.34. The Bertz CT molecular complexity index is 543. The van der Waals surface area contributed by atoms with Crippen molar-refractivity contribution >= 4 is 33.2 Å². The average molecular weight is 369 g/mol. The molecule has 1 N–H and O–H groups in total. The zero-order valence-corrected chi connectivity index (χ0v) is 13.9. The molecule has 0 amide bonds. The smallest absolute Gasteiger partial charge is 0.222 e. The van der Waals surface area contributed by atoms with E-state index in [1.54, 1.807) is 23.7 Å². The summed E-state index contributed by atoms with van der Waals surface area (Å²) < 4.78 is 6.34. The Kier molecular flexibility index (Phi) is 5.18. The van der Waals surface area contributed by atoms with Gasteiger partial charge in [-0.15, -0.1) is 11.3 Å². The van der Waals surface area contributed by atoms with Crippen molar-refractivity contribution in [3.63, 3.8) is 0 Å². The van der Waals surface area contributed by atoms with Crippen molar-refractivity contribution in [1.29, 1.82) is 0 Å². The van der Waals surface area contributed by atoms with Crippen LogP contribution in [0.15, 0.2) is 34.4 Å². The van der Waals surface area contributed by atoms with Gasteiger partial charge in [-0.3, -0.25) is 4.90 Å². The van der Waals surface area contributed by atoms with Crippen LogP contribution in [0.5, 0.6) is 0 Å². The van der Waals surface area contributed by atoms with E-state index in [1.165, 1.54) is 4.88 Å². The zero-order chi connectivity index (χ0) is 14.5. The molecule has 0 aromatic carbocycles. The molecule has 112 valence electrons. The molecule has 2 aromatic rings. The van der Waals surface area contributed by atoms with Gasteiger partial charge < -0.3 is 10.1 Å². The summed E-state index contributed by atoms with van der Waals surface area (Å²) in [6.07, 6.45) is 3.51.